The molecule has 0 fully saturated rings. The molecule has 0 aliphatic heterocycles. The van der Waals surface area contributed by atoms with Crippen LogP contribution in [0.4, 0.5) is 0 Å². The van der Waals surface area contributed by atoms with Gasteiger partial charge in [-0.15, -0.1) is 5.10 Å². The molecule has 3 aromatic rings. The van der Waals surface area contributed by atoms with Gasteiger partial charge in [-0.2, -0.15) is 4.68 Å². The molecule has 0 saturated heterocycles. The monoisotopic (exact) mass is 301 g/mol. The molecule has 0 radical (unpaired) electrons. The highest BCUT2D eigenvalue weighted by Gasteiger charge is 2.22. The van der Waals surface area contributed by atoms with Crippen LogP contribution in [-0.2, 0) is 5.41 Å². The van der Waals surface area contributed by atoms with E-state index in [2.05, 4.69) is 41.1 Å². The summed E-state index contributed by atoms with van der Waals surface area (Å²) in [4.78, 5) is 9.05. The van der Waals surface area contributed by atoms with E-state index in [9.17, 15) is 0 Å². The van der Waals surface area contributed by atoms with E-state index < -0.39 is 0 Å². The highest BCUT2D eigenvalue weighted by Crippen LogP contribution is 2.26. The van der Waals surface area contributed by atoms with E-state index in [4.69, 9.17) is 11.6 Å². The van der Waals surface area contributed by atoms with Crippen molar-refractivity contribution in [2.75, 3.05) is 0 Å². The summed E-state index contributed by atoms with van der Waals surface area (Å²) in [6.45, 7) is 8.05. The van der Waals surface area contributed by atoms with Crippen LogP contribution in [0.15, 0.2) is 24.3 Å². The van der Waals surface area contributed by atoms with E-state index in [0.29, 0.717) is 16.8 Å². The average Bonchev–Trinajstić information content (AvgIpc) is 2.84. The first kappa shape index (κ1) is 13.9. The van der Waals surface area contributed by atoms with Crippen LogP contribution >= 0.6 is 11.6 Å². The van der Waals surface area contributed by atoms with Gasteiger partial charge in [0.1, 0.15) is 16.5 Å². The lowest BCUT2D eigenvalue weighted by Crippen LogP contribution is -2.19. The fourth-order valence-corrected chi connectivity index (χ4v) is 2.21. The van der Waals surface area contributed by atoms with Crippen LogP contribution < -0.4 is 0 Å². The predicted molar refractivity (Wildman–Crippen MR) is 82.9 cm³/mol. The summed E-state index contributed by atoms with van der Waals surface area (Å²) in [5, 5.41) is 8.82. The second-order valence-electron chi connectivity index (χ2n) is 6.03. The van der Waals surface area contributed by atoms with Gasteiger partial charge in [0.05, 0.1) is 5.52 Å². The number of nitrogens with zero attached hydrogens (tertiary/aromatic N) is 5. The van der Waals surface area contributed by atoms with Crippen LogP contribution in [0, 0.1) is 6.92 Å². The SMILES string of the molecule is Cc1c(Cl)nc(C(C)(C)C)nc1-n1nnc2ccccc21. The Morgan fingerprint density at radius 3 is 2.52 bits per heavy atom. The van der Waals surface area contributed by atoms with Gasteiger partial charge in [-0.05, 0) is 19.1 Å². The molecule has 3 rings (SSSR count). The third-order valence-corrected chi connectivity index (χ3v) is 3.65. The van der Waals surface area contributed by atoms with Crippen molar-refractivity contribution < 1.29 is 0 Å². The minimum absolute atomic E-state index is 0.192. The van der Waals surface area contributed by atoms with E-state index in [0.717, 1.165) is 16.6 Å². The molecule has 0 aliphatic carbocycles. The van der Waals surface area contributed by atoms with Gasteiger partial charge in [-0.25, -0.2) is 9.97 Å². The Bertz CT molecular complexity index is 817. The molecule has 0 saturated carbocycles. The lowest BCUT2D eigenvalue weighted by molar-refractivity contribution is 0.541. The average molecular weight is 302 g/mol. The first-order valence-electron chi connectivity index (χ1n) is 6.73. The molecule has 5 nitrogen and oxygen atoms in total. The van der Waals surface area contributed by atoms with Crippen LogP contribution in [0.25, 0.3) is 16.9 Å². The number of hydrogen-bond donors (Lipinski definition) is 0. The van der Waals surface area contributed by atoms with E-state index in [1.165, 1.54) is 0 Å². The lowest BCUT2D eigenvalue weighted by atomic mass is 9.95. The second-order valence-corrected chi connectivity index (χ2v) is 6.38. The Hall–Kier alpha value is -2.01. The van der Waals surface area contributed by atoms with Crippen molar-refractivity contribution in [3.05, 3.63) is 40.8 Å². The molecule has 2 heterocycles. The summed E-state index contributed by atoms with van der Waals surface area (Å²) in [6, 6.07) is 7.76. The zero-order chi connectivity index (χ0) is 15.2. The molecule has 108 valence electrons. The quantitative estimate of drug-likeness (QED) is 0.646. The number of halogens is 1. The summed E-state index contributed by atoms with van der Waals surface area (Å²) >= 11 is 6.28. The third-order valence-electron chi connectivity index (χ3n) is 3.28. The van der Waals surface area contributed by atoms with E-state index in [-0.39, 0.29) is 5.41 Å². The standard InChI is InChI=1S/C15H16ClN5/c1-9-12(16)17-14(15(2,3)4)18-13(9)21-11-8-6-5-7-10(11)19-20-21/h5-8H,1-4H3. The van der Waals surface area contributed by atoms with E-state index in [1.54, 1.807) is 4.68 Å². The van der Waals surface area contributed by atoms with Gasteiger partial charge < -0.3 is 0 Å². The minimum atomic E-state index is -0.192. The first-order valence-corrected chi connectivity index (χ1v) is 7.11. The molecular weight excluding hydrogens is 286 g/mol. The number of hydrogen-bond acceptors (Lipinski definition) is 4. The normalized spacial score (nSPS) is 12.0. The van der Waals surface area contributed by atoms with Gasteiger partial charge in [-0.3, -0.25) is 0 Å². The van der Waals surface area contributed by atoms with Crippen LogP contribution in [-0.4, -0.2) is 25.0 Å². The summed E-state index contributed by atoms with van der Waals surface area (Å²) < 4.78 is 1.72. The van der Waals surface area contributed by atoms with Gasteiger partial charge in [-0.1, -0.05) is 49.7 Å². The Morgan fingerprint density at radius 1 is 1.10 bits per heavy atom. The molecule has 0 atom stereocenters. The maximum absolute atomic E-state index is 6.28. The molecule has 0 unspecified atom stereocenters. The topological polar surface area (TPSA) is 56.5 Å². The van der Waals surface area contributed by atoms with Gasteiger partial charge in [0.25, 0.3) is 0 Å². The zero-order valence-corrected chi connectivity index (χ0v) is 13.2. The summed E-state index contributed by atoms with van der Waals surface area (Å²) in [5.41, 5.74) is 2.32. The van der Waals surface area contributed by atoms with Gasteiger partial charge in [0, 0.05) is 11.0 Å². The molecule has 0 N–H and O–H groups in total. The predicted octanol–water partition coefficient (Wildman–Crippen LogP) is 3.47. The molecule has 1 aromatic carbocycles. The maximum Gasteiger partial charge on any atom is 0.163 e. The highest BCUT2D eigenvalue weighted by atomic mass is 35.5. The fourth-order valence-electron chi connectivity index (χ4n) is 2.05. The summed E-state index contributed by atoms with van der Waals surface area (Å²) in [5.74, 6) is 1.36. The van der Waals surface area contributed by atoms with Crippen molar-refractivity contribution in [3.8, 4) is 5.82 Å². The number of benzene rings is 1. The molecule has 0 amide bonds. The Balaban J connectivity index is 2.29. The van der Waals surface area contributed by atoms with Crippen LogP contribution in [0.2, 0.25) is 5.15 Å². The first-order chi connectivity index (χ1) is 9.88. The zero-order valence-electron chi connectivity index (χ0n) is 12.4. The van der Waals surface area contributed by atoms with E-state index >= 15 is 0 Å². The van der Waals surface area contributed by atoms with Gasteiger partial charge in [0.2, 0.25) is 0 Å². The van der Waals surface area contributed by atoms with E-state index in [1.807, 2.05) is 31.2 Å². The minimum Gasteiger partial charge on any atom is -0.220 e. The molecule has 0 aliphatic rings. The molecular formula is C15H16ClN5. The Morgan fingerprint density at radius 2 is 1.81 bits per heavy atom. The molecule has 0 bridgehead atoms. The van der Waals surface area contributed by atoms with Gasteiger partial charge >= 0.3 is 0 Å². The van der Waals surface area contributed by atoms with Crippen LogP contribution in [0.1, 0.15) is 32.2 Å². The molecule has 2 aromatic heterocycles. The number of fused-ring (bicyclic) bond motifs is 1. The van der Waals surface area contributed by atoms with Crippen molar-refractivity contribution in [1.82, 2.24) is 25.0 Å². The fraction of sp³-hybridized carbons (Fsp3) is 0.333. The highest BCUT2D eigenvalue weighted by molar-refractivity contribution is 6.30. The summed E-state index contributed by atoms with van der Waals surface area (Å²) in [7, 11) is 0. The van der Waals surface area contributed by atoms with Crippen molar-refractivity contribution in [3.63, 3.8) is 0 Å². The molecule has 6 heteroatoms. The number of aromatic nitrogens is 5. The second kappa shape index (κ2) is 4.77. The van der Waals surface area contributed by atoms with Gasteiger partial charge in [0.15, 0.2) is 5.82 Å². The van der Waals surface area contributed by atoms with Crippen molar-refractivity contribution in [2.24, 2.45) is 0 Å². The Labute approximate surface area is 128 Å². The lowest BCUT2D eigenvalue weighted by Gasteiger charge is -2.18. The largest absolute Gasteiger partial charge is 0.220 e. The molecule has 21 heavy (non-hydrogen) atoms. The molecule has 0 spiro atoms. The Kier molecular flexibility index (Phi) is 3.17. The van der Waals surface area contributed by atoms with Crippen molar-refractivity contribution >= 4 is 22.6 Å². The van der Waals surface area contributed by atoms with Crippen LogP contribution in [0.5, 0.6) is 0 Å². The summed E-state index contributed by atoms with van der Waals surface area (Å²) in [6.07, 6.45) is 0. The third kappa shape index (κ3) is 2.38. The number of rotatable bonds is 1. The van der Waals surface area contributed by atoms with Crippen molar-refractivity contribution in [2.45, 2.75) is 33.1 Å². The van der Waals surface area contributed by atoms with Crippen LogP contribution in [0.3, 0.4) is 0 Å². The smallest absolute Gasteiger partial charge is 0.163 e. The maximum atomic E-state index is 6.28. The van der Waals surface area contributed by atoms with Crippen molar-refractivity contribution in [1.29, 1.82) is 0 Å². The number of para-hydroxylation sites is 1.